The number of sulfonamides is 1. The summed E-state index contributed by atoms with van der Waals surface area (Å²) in [5.74, 6) is 0.480. The van der Waals surface area contributed by atoms with Crippen molar-refractivity contribution in [1.82, 2.24) is 4.57 Å². The highest BCUT2D eigenvalue weighted by atomic mass is 32.2. The van der Waals surface area contributed by atoms with Crippen molar-refractivity contribution in [3.63, 3.8) is 0 Å². The van der Waals surface area contributed by atoms with Gasteiger partial charge >= 0.3 is 0 Å². The number of nitrogens with one attached hydrogen (secondary N) is 1. The molecule has 6 rings (SSSR count). The molecule has 3 aliphatic rings. The van der Waals surface area contributed by atoms with Gasteiger partial charge < -0.3 is 14.0 Å². The number of hydrogen-bond acceptors (Lipinski definition) is 7. The largest absolute Gasteiger partial charge is 0.492 e. The number of nitrogens with zero attached hydrogens (tertiary/aromatic N) is 2. The molecule has 206 valence electrons. The number of hydrogen-bond donors (Lipinski definition) is 1. The maximum atomic E-state index is 12.6. The first kappa shape index (κ1) is 26.2. The summed E-state index contributed by atoms with van der Waals surface area (Å²) in [6.45, 7) is 0.767. The molecule has 39 heavy (non-hydrogen) atoms. The molecule has 2 heterocycles. The molecule has 2 aromatic carbocycles. The Balaban J connectivity index is 1.30. The quantitative estimate of drug-likeness (QED) is 0.384. The SMILES string of the molecule is N#Cc1c(-c2ccc(NS(=O)(=O)C3CC3)cc2)n(C2CCC2)c2cc(OCCS(=O)(=O)C3CCOC3)ccc12. The number of fused-ring (bicyclic) bond motifs is 1. The van der Waals surface area contributed by atoms with Crippen molar-refractivity contribution in [3.05, 3.63) is 48.0 Å². The van der Waals surface area contributed by atoms with E-state index in [1.807, 2.05) is 24.3 Å². The van der Waals surface area contributed by atoms with Gasteiger partial charge in [0.2, 0.25) is 10.0 Å². The fourth-order valence-corrected chi connectivity index (χ4v) is 8.16. The Hall–Kier alpha value is -3.07. The van der Waals surface area contributed by atoms with E-state index in [1.165, 1.54) is 0 Å². The highest BCUT2D eigenvalue weighted by Crippen LogP contribution is 2.43. The first-order valence-electron chi connectivity index (χ1n) is 13.4. The normalized spacial score (nSPS) is 20.0. The van der Waals surface area contributed by atoms with Crippen molar-refractivity contribution >= 4 is 36.5 Å². The maximum absolute atomic E-state index is 12.6. The number of rotatable bonds is 10. The topological polar surface area (TPSA) is 127 Å². The maximum Gasteiger partial charge on any atom is 0.235 e. The highest BCUT2D eigenvalue weighted by molar-refractivity contribution is 7.93. The zero-order valence-electron chi connectivity index (χ0n) is 21.5. The molecule has 11 heteroatoms. The molecule has 3 fully saturated rings. The van der Waals surface area contributed by atoms with Crippen molar-refractivity contribution in [3.8, 4) is 23.1 Å². The molecule has 3 aromatic rings. The molecule has 1 aromatic heterocycles. The Kier molecular flexibility index (Phi) is 6.81. The van der Waals surface area contributed by atoms with E-state index < -0.39 is 25.1 Å². The van der Waals surface area contributed by atoms with Crippen LogP contribution in [0.4, 0.5) is 5.69 Å². The molecule has 9 nitrogen and oxygen atoms in total. The van der Waals surface area contributed by atoms with Crippen LogP contribution < -0.4 is 9.46 Å². The monoisotopic (exact) mass is 569 g/mol. The molecule has 0 spiro atoms. The van der Waals surface area contributed by atoms with E-state index in [0.717, 1.165) is 41.4 Å². The Morgan fingerprint density at radius 3 is 2.38 bits per heavy atom. The Bertz CT molecular complexity index is 1640. The minimum atomic E-state index is -3.36. The summed E-state index contributed by atoms with van der Waals surface area (Å²) in [4.78, 5) is 0. The predicted molar refractivity (Wildman–Crippen MR) is 149 cm³/mol. The van der Waals surface area contributed by atoms with Gasteiger partial charge in [-0.2, -0.15) is 5.26 Å². The van der Waals surface area contributed by atoms with Crippen LogP contribution in [0.3, 0.4) is 0 Å². The van der Waals surface area contributed by atoms with Crippen molar-refractivity contribution in [1.29, 1.82) is 5.26 Å². The van der Waals surface area contributed by atoms with Crippen LogP contribution in [0.1, 0.15) is 50.1 Å². The fraction of sp³-hybridized carbons (Fsp3) is 0.464. The standard InChI is InChI=1S/C28H31N3O6S2/c29-17-26-25-11-8-22(37-14-15-38(32,33)24-12-13-36-18-24)16-27(25)31(21-2-1-3-21)28(26)19-4-6-20(7-5-19)30-39(34,35)23-9-10-23/h4-8,11,16,21,23-24,30H,1-3,9-10,12-15,18H2. The van der Waals surface area contributed by atoms with E-state index in [1.54, 1.807) is 18.2 Å². The summed E-state index contributed by atoms with van der Waals surface area (Å²) in [7, 11) is -6.65. The van der Waals surface area contributed by atoms with Gasteiger partial charge in [-0.3, -0.25) is 4.72 Å². The Morgan fingerprint density at radius 2 is 1.77 bits per heavy atom. The second-order valence-corrected chi connectivity index (χ2v) is 15.0. The number of sulfone groups is 1. The average Bonchev–Trinajstić information content (AvgIpc) is 3.51. The van der Waals surface area contributed by atoms with Crippen LogP contribution >= 0.6 is 0 Å². The molecule has 1 atom stereocenters. The minimum Gasteiger partial charge on any atom is -0.492 e. The van der Waals surface area contributed by atoms with E-state index in [9.17, 15) is 22.1 Å². The fourth-order valence-electron chi connectivity index (χ4n) is 5.36. The molecule has 2 saturated carbocycles. The van der Waals surface area contributed by atoms with Crippen LogP contribution in [0.2, 0.25) is 0 Å². The zero-order chi connectivity index (χ0) is 27.2. The summed E-state index contributed by atoms with van der Waals surface area (Å²) in [6, 6.07) is 15.3. The van der Waals surface area contributed by atoms with Gasteiger partial charge in [0.15, 0.2) is 9.84 Å². The lowest BCUT2D eigenvalue weighted by molar-refractivity contribution is 0.198. The van der Waals surface area contributed by atoms with Gasteiger partial charge in [0, 0.05) is 29.8 Å². The number of benzene rings is 2. The average molecular weight is 570 g/mol. The van der Waals surface area contributed by atoms with Crippen molar-refractivity contribution < 1.29 is 26.3 Å². The van der Waals surface area contributed by atoms with Crippen molar-refractivity contribution in [2.75, 3.05) is 30.3 Å². The number of nitriles is 1. The van der Waals surface area contributed by atoms with E-state index in [2.05, 4.69) is 15.4 Å². The number of ether oxygens (including phenoxy) is 2. The van der Waals surface area contributed by atoms with Gasteiger partial charge in [-0.15, -0.1) is 0 Å². The van der Waals surface area contributed by atoms with E-state index >= 15 is 0 Å². The summed E-state index contributed by atoms with van der Waals surface area (Å²) >= 11 is 0. The summed E-state index contributed by atoms with van der Waals surface area (Å²) in [6.07, 6.45) is 5.00. The van der Waals surface area contributed by atoms with Gasteiger partial charge in [0.25, 0.3) is 0 Å². The first-order valence-corrected chi connectivity index (χ1v) is 16.7. The van der Waals surface area contributed by atoms with Crippen molar-refractivity contribution in [2.45, 2.75) is 55.1 Å². The van der Waals surface area contributed by atoms with Crippen LogP contribution in [-0.4, -0.2) is 57.5 Å². The zero-order valence-corrected chi connectivity index (χ0v) is 23.1. The van der Waals surface area contributed by atoms with Crippen LogP contribution in [-0.2, 0) is 24.6 Å². The lowest BCUT2D eigenvalue weighted by Gasteiger charge is -2.30. The Labute approximate surface area is 228 Å². The second-order valence-electron chi connectivity index (χ2n) is 10.6. The molecular weight excluding hydrogens is 538 g/mol. The van der Waals surface area contributed by atoms with Gasteiger partial charge in [-0.1, -0.05) is 12.1 Å². The van der Waals surface area contributed by atoms with Crippen LogP contribution in [0, 0.1) is 11.3 Å². The van der Waals surface area contributed by atoms with Gasteiger partial charge in [0.1, 0.15) is 18.4 Å². The predicted octanol–water partition coefficient (Wildman–Crippen LogP) is 4.39. The third kappa shape index (κ3) is 5.13. The molecular formula is C28H31N3O6S2. The van der Waals surface area contributed by atoms with E-state index in [0.29, 0.717) is 42.9 Å². The third-order valence-electron chi connectivity index (χ3n) is 7.94. The van der Waals surface area contributed by atoms with Gasteiger partial charge in [-0.05, 0) is 68.4 Å². The van der Waals surface area contributed by atoms with Crippen LogP contribution in [0.15, 0.2) is 42.5 Å². The first-order chi connectivity index (χ1) is 18.8. The summed E-state index contributed by atoms with van der Waals surface area (Å²) in [5.41, 5.74) is 3.56. The highest BCUT2D eigenvalue weighted by Gasteiger charge is 2.36. The molecule has 0 amide bonds. The van der Waals surface area contributed by atoms with E-state index in [-0.39, 0.29) is 30.3 Å². The van der Waals surface area contributed by atoms with Gasteiger partial charge in [-0.25, -0.2) is 16.8 Å². The molecule has 1 aliphatic heterocycles. The second kappa shape index (κ2) is 10.2. The van der Waals surface area contributed by atoms with Crippen LogP contribution in [0.5, 0.6) is 5.75 Å². The minimum absolute atomic E-state index is 0.0463. The summed E-state index contributed by atoms with van der Waals surface area (Å²) in [5, 5.41) is 10.2. The lowest BCUT2D eigenvalue weighted by Crippen LogP contribution is -2.27. The Morgan fingerprint density at radius 1 is 1.00 bits per heavy atom. The van der Waals surface area contributed by atoms with Gasteiger partial charge in [0.05, 0.1) is 39.6 Å². The molecule has 1 N–H and O–H groups in total. The van der Waals surface area contributed by atoms with Crippen molar-refractivity contribution in [2.24, 2.45) is 0 Å². The molecule has 1 saturated heterocycles. The number of anilines is 1. The smallest absolute Gasteiger partial charge is 0.235 e. The van der Waals surface area contributed by atoms with E-state index in [4.69, 9.17) is 9.47 Å². The molecule has 1 unspecified atom stereocenters. The van der Waals surface area contributed by atoms with Crippen LogP contribution in [0.25, 0.3) is 22.2 Å². The summed E-state index contributed by atoms with van der Waals surface area (Å²) < 4.78 is 65.8. The molecule has 0 radical (unpaired) electrons. The molecule has 2 aliphatic carbocycles. The number of aromatic nitrogens is 1. The lowest BCUT2D eigenvalue weighted by atomic mass is 9.92. The third-order valence-corrected chi connectivity index (χ3v) is 11.9. The molecule has 0 bridgehead atoms.